The molecule has 1 aromatic rings. The number of carbonyl (C=O) groups is 1. The van der Waals surface area contributed by atoms with E-state index < -0.39 is 33.1 Å². The maximum Gasteiger partial charge on any atom is 0.313 e. The molecule has 26 heavy (non-hydrogen) atoms. The Balaban J connectivity index is 2.25. The number of aliphatic carboxylic acids is 1. The molecule has 0 aliphatic carbocycles. The Labute approximate surface area is 152 Å². The van der Waals surface area contributed by atoms with Crippen LogP contribution in [0.1, 0.15) is 50.8 Å². The molecule has 0 bridgehead atoms. The SMILES string of the molecule is CC(C)(C(=O)O)c1cc(C=C2CCNS2(=O)=O)cc2c1OC(O)C2(C)C. The fourth-order valence-corrected chi connectivity index (χ4v) is 4.40. The third kappa shape index (κ3) is 2.82. The number of hydrogen-bond donors (Lipinski definition) is 3. The van der Waals surface area contributed by atoms with Gasteiger partial charge in [-0.1, -0.05) is 0 Å². The highest BCUT2D eigenvalue weighted by molar-refractivity contribution is 7.93. The normalized spacial score (nSPS) is 25.1. The molecule has 1 atom stereocenters. The van der Waals surface area contributed by atoms with Crippen molar-refractivity contribution in [2.24, 2.45) is 0 Å². The largest absolute Gasteiger partial charge is 0.481 e. The molecule has 2 aliphatic rings. The van der Waals surface area contributed by atoms with Gasteiger partial charge in [-0.15, -0.1) is 0 Å². The number of benzene rings is 1. The minimum absolute atomic E-state index is 0.258. The van der Waals surface area contributed by atoms with Crippen molar-refractivity contribution in [1.29, 1.82) is 0 Å². The molecule has 0 radical (unpaired) electrons. The van der Waals surface area contributed by atoms with Crippen molar-refractivity contribution in [2.45, 2.75) is 51.2 Å². The number of rotatable bonds is 3. The van der Waals surface area contributed by atoms with Gasteiger partial charge in [0.15, 0.2) is 0 Å². The molecule has 2 aliphatic heterocycles. The second-order valence-electron chi connectivity index (χ2n) is 7.83. The molecule has 2 heterocycles. The fourth-order valence-electron chi connectivity index (χ4n) is 3.18. The molecule has 142 valence electrons. The summed E-state index contributed by atoms with van der Waals surface area (Å²) in [5, 5.41) is 19.9. The van der Waals surface area contributed by atoms with Gasteiger partial charge in [-0.05, 0) is 57.9 Å². The van der Waals surface area contributed by atoms with Crippen molar-refractivity contribution in [3.8, 4) is 5.75 Å². The molecule has 1 saturated heterocycles. The molecule has 1 aromatic carbocycles. The van der Waals surface area contributed by atoms with Crippen LogP contribution in [0.15, 0.2) is 17.0 Å². The van der Waals surface area contributed by atoms with Gasteiger partial charge in [0, 0.05) is 17.7 Å². The van der Waals surface area contributed by atoms with Crippen LogP contribution in [0.4, 0.5) is 0 Å². The molecule has 7 nitrogen and oxygen atoms in total. The molecule has 0 saturated carbocycles. The van der Waals surface area contributed by atoms with Gasteiger partial charge in [-0.3, -0.25) is 4.79 Å². The van der Waals surface area contributed by atoms with Crippen LogP contribution in [0.3, 0.4) is 0 Å². The summed E-state index contributed by atoms with van der Waals surface area (Å²) in [4.78, 5) is 12.0. The fraction of sp³-hybridized carbons (Fsp3) is 0.500. The van der Waals surface area contributed by atoms with Crippen LogP contribution >= 0.6 is 0 Å². The maximum absolute atomic E-state index is 12.0. The molecule has 1 fully saturated rings. The summed E-state index contributed by atoms with van der Waals surface area (Å²) >= 11 is 0. The van der Waals surface area contributed by atoms with Crippen LogP contribution < -0.4 is 9.46 Å². The van der Waals surface area contributed by atoms with E-state index in [1.807, 2.05) is 0 Å². The van der Waals surface area contributed by atoms with E-state index in [-0.39, 0.29) is 4.91 Å². The lowest BCUT2D eigenvalue weighted by atomic mass is 9.78. The van der Waals surface area contributed by atoms with Gasteiger partial charge < -0.3 is 14.9 Å². The average Bonchev–Trinajstić information content (AvgIpc) is 2.96. The summed E-state index contributed by atoms with van der Waals surface area (Å²) in [6.45, 7) is 7.05. The van der Waals surface area contributed by atoms with Crippen LogP contribution in [0.25, 0.3) is 6.08 Å². The first-order valence-electron chi connectivity index (χ1n) is 8.35. The van der Waals surface area contributed by atoms with E-state index in [0.29, 0.717) is 35.4 Å². The van der Waals surface area contributed by atoms with Crippen LogP contribution in [0.2, 0.25) is 0 Å². The lowest BCUT2D eigenvalue weighted by Crippen LogP contribution is -2.31. The lowest BCUT2D eigenvalue weighted by molar-refractivity contribution is -0.142. The van der Waals surface area contributed by atoms with Gasteiger partial charge in [0.05, 0.1) is 15.7 Å². The zero-order valence-corrected chi connectivity index (χ0v) is 16.0. The third-order valence-electron chi connectivity index (χ3n) is 5.20. The van der Waals surface area contributed by atoms with E-state index in [4.69, 9.17) is 4.74 Å². The first-order valence-corrected chi connectivity index (χ1v) is 9.83. The summed E-state index contributed by atoms with van der Waals surface area (Å²) in [7, 11) is -3.49. The van der Waals surface area contributed by atoms with E-state index in [0.717, 1.165) is 0 Å². The maximum atomic E-state index is 12.0. The van der Waals surface area contributed by atoms with Crippen LogP contribution in [-0.2, 0) is 25.6 Å². The Morgan fingerprint density at radius 3 is 2.58 bits per heavy atom. The highest BCUT2D eigenvalue weighted by Gasteiger charge is 2.45. The number of carboxylic acid groups (broad SMARTS) is 1. The van der Waals surface area contributed by atoms with Gasteiger partial charge in [-0.25, -0.2) is 13.1 Å². The average molecular weight is 381 g/mol. The highest BCUT2D eigenvalue weighted by atomic mass is 32.2. The van der Waals surface area contributed by atoms with Crippen molar-refractivity contribution in [1.82, 2.24) is 4.72 Å². The molecular weight excluding hydrogens is 358 g/mol. The van der Waals surface area contributed by atoms with Gasteiger partial charge in [0.1, 0.15) is 5.75 Å². The van der Waals surface area contributed by atoms with Crippen molar-refractivity contribution in [3.63, 3.8) is 0 Å². The van der Waals surface area contributed by atoms with Crippen LogP contribution in [0, 0.1) is 0 Å². The lowest BCUT2D eigenvalue weighted by Gasteiger charge is -2.23. The Bertz CT molecular complexity index is 914. The monoisotopic (exact) mass is 381 g/mol. The van der Waals surface area contributed by atoms with Crippen LogP contribution in [0.5, 0.6) is 5.75 Å². The first-order chi connectivity index (χ1) is 11.9. The second-order valence-corrected chi connectivity index (χ2v) is 9.65. The number of fused-ring (bicyclic) bond motifs is 1. The molecule has 0 amide bonds. The first kappa shape index (κ1) is 18.9. The van der Waals surface area contributed by atoms with Gasteiger partial charge in [0.25, 0.3) is 0 Å². The van der Waals surface area contributed by atoms with Crippen molar-refractivity contribution < 1.29 is 28.2 Å². The standard InChI is InChI=1S/C18H23NO6S/c1-17(2,15(20)21)12-8-10(7-11-5-6-19-26(11,23)24)9-13-14(12)25-16(22)18(13,3)4/h7-9,16,19,22H,5-6H2,1-4H3,(H,20,21). The van der Waals surface area contributed by atoms with Gasteiger partial charge in [-0.2, -0.15) is 0 Å². The van der Waals surface area contributed by atoms with E-state index >= 15 is 0 Å². The number of nitrogens with one attached hydrogen (secondary N) is 1. The number of aliphatic hydroxyl groups is 1. The second kappa shape index (κ2) is 5.80. The zero-order chi connectivity index (χ0) is 19.5. The van der Waals surface area contributed by atoms with Gasteiger partial charge >= 0.3 is 5.97 Å². The van der Waals surface area contributed by atoms with Crippen LogP contribution in [-0.4, -0.2) is 37.4 Å². The number of sulfonamides is 1. The Hall–Kier alpha value is -1.90. The summed E-state index contributed by atoms with van der Waals surface area (Å²) in [5.41, 5.74) is -0.388. The van der Waals surface area contributed by atoms with E-state index in [2.05, 4.69) is 4.72 Å². The number of hydrogen-bond acceptors (Lipinski definition) is 5. The minimum atomic E-state index is -3.49. The molecular formula is C18H23NO6S. The van der Waals surface area contributed by atoms with E-state index in [1.54, 1.807) is 45.9 Å². The smallest absolute Gasteiger partial charge is 0.313 e. The number of carboxylic acids is 1. The van der Waals surface area contributed by atoms with Crippen molar-refractivity contribution in [3.05, 3.63) is 33.7 Å². The quantitative estimate of drug-likeness (QED) is 0.735. The molecule has 1 unspecified atom stereocenters. The molecule has 3 rings (SSSR count). The summed E-state index contributed by atoms with van der Waals surface area (Å²) in [6.07, 6.45) is 0.817. The Morgan fingerprint density at radius 1 is 1.38 bits per heavy atom. The predicted octanol–water partition coefficient (Wildman–Crippen LogP) is 1.70. The predicted molar refractivity (Wildman–Crippen MR) is 96.3 cm³/mol. The minimum Gasteiger partial charge on any atom is -0.481 e. The van der Waals surface area contributed by atoms with Crippen molar-refractivity contribution in [2.75, 3.05) is 6.54 Å². The Kier molecular flexibility index (Phi) is 4.21. The Morgan fingerprint density at radius 2 is 2.04 bits per heavy atom. The summed E-state index contributed by atoms with van der Waals surface area (Å²) < 4.78 is 32.1. The van der Waals surface area contributed by atoms with E-state index in [1.165, 1.54) is 0 Å². The summed E-state index contributed by atoms with van der Waals surface area (Å²) in [6, 6.07) is 3.38. The third-order valence-corrected chi connectivity index (χ3v) is 6.79. The van der Waals surface area contributed by atoms with Gasteiger partial charge in [0.2, 0.25) is 16.3 Å². The van der Waals surface area contributed by atoms with E-state index in [9.17, 15) is 23.4 Å². The summed E-state index contributed by atoms with van der Waals surface area (Å²) in [5.74, 6) is -0.688. The molecule has 0 spiro atoms. The topological polar surface area (TPSA) is 113 Å². The van der Waals surface area contributed by atoms with Crippen molar-refractivity contribution >= 4 is 22.1 Å². The number of ether oxygens (including phenoxy) is 1. The zero-order valence-electron chi connectivity index (χ0n) is 15.2. The molecule has 3 N–H and O–H groups in total. The molecule has 0 aromatic heterocycles. The molecule has 8 heteroatoms. The highest BCUT2D eigenvalue weighted by Crippen LogP contribution is 2.48. The number of aliphatic hydroxyl groups excluding tert-OH is 1.